The lowest BCUT2D eigenvalue weighted by Gasteiger charge is -2.18. The Balaban J connectivity index is 1.71. The first kappa shape index (κ1) is 16.3. The van der Waals surface area contributed by atoms with Gasteiger partial charge in [0.1, 0.15) is 18.5 Å². The van der Waals surface area contributed by atoms with Crippen molar-refractivity contribution in [3.8, 4) is 5.75 Å². The Kier molecular flexibility index (Phi) is 6.02. The Morgan fingerprint density at radius 1 is 1.48 bits per heavy atom. The van der Waals surface area contributed by atoms with E-state index in [4.69, 9.17) is 10.5 Å². The number of hydrogen-bond donors (Lipinski definition) is 3. The molecule has 0 aromatic heterocycles. The molecule has 1 aromatic carbocycles. The van der Waals surface area contributed by atoms with Crippen molar-refractivity contribution in [1.29, 1.82) is 0 Å². The smallest absolute Gasteiger partial charge is 0.224 e. The fourth-order valence-corrected chi connectivity index (χ4v) is 2.87. The standard InChI is InChI=1S/C15H21BrN2O3/c16-12-5-1-2-7-14(12)21-9-10(19)8-18-15(20)11-4-3-6-13(11)17/h1-2,5,7,10-11,13,19H,3-4,6,8-9,17H2,(H,18,20)/t10-,11+,13-/m1/s1. The Bertz CT molecular complexity index is 484. The third-order valence-corrected chi connectivity index (χ3v) is 4.34. The molecule has 4 N–H and O–H groups in total. The minimum atomic E-state index is -0.751. The molecule has 1 amide bonds. The van der Waals surface area contributed by atoms with Gasteiger partial charge in [0.2, 0.25) is 5.91 Å². The molecule has 116 valence electrons. The number of aliphatic hydroxyl groups excluding tert-OH is 1. The van der Waals surface area contributed by atoms with E-state index in [1.807, 2.05) is 24.3 Å². The number of halogens is 1. The number of carbonyl (C=O) groups excluding carboxylic acids is 1. The Hall–Kier alpha value is -1.11. The summed E-state index contributed by atoms with van der Waals surface area (Å²) in [6.07, 6.45) is 1.97. The second kappa shape index (κ2) is 7.77. The van der Waals surface area contributed by atoms with E-state index >= 15 is 0 Å². The Labute approximate surface area is 133 Å². The second-order valence-electron chi connectivity index (χ2n) is 5.34. The third kappa shape index (κ3) is 4.69. The summed E-state index contributed by atoms with van der Waals surface area (Å²) in [7, 11) is 0. The largest absolute Gasteiger partial charge is 0.490 e. The lowest BCUT2D eigenvalue weighted by atomic mass is 10.0. The molecular weight excluding hydrogens is 336 g/mol. The SMILES string of the molecule is N[C@@H]1CCC[C@@H]1C(=O)NC[C@@H](O)COc1ccccc1Br. The normalized spacial score (nSPS) is 22.8. The zero-order valence-electron chi connectivity index (χ0n) is 11.8. The van der Waals surface area contributed by atoms with Crippen molar-refractivity contribution in [3.05, 3.63) is 28.7 Å². The quantitative estimate of drug-likeness (QED) is 0.719. The maximum Gasteiger partial charge on any atom is 0.224 e. The second-order valence-corrected chi connectivity index (χ2v) is 6.20. The minimum Gasteiger partial charge on any atom is -0.490 e. The topological polar surface area (TPSA) is 84.6 Å². The molecule has 3 atom stereocenters. The number of carbonyl (C=O) groups is 1. The Morgan fingerprint density at radius 2 is 2.24 bits per heavy atom. The summed E-state index contributed by atoms with van der Waals surface area (Å²) >= 11 is 3.37. The predicted molar refractivity (Wildman–Crippen MR) is 84.0 cm³/mol. The van der Waals surface area contributed by atoms with Crippen LogP contribution < -0.4 is 15.8 Å². The first-order valence-corrected chi connectivity index (χ1v) is 7.96. The van der Waals surface area contributed by atoms with Crippen LogP contribution in [0.1, 0.15) is 19.3 Å². The summed E-state index contributed by atoms with van der Waals surface area (Å²) < 4.78 is 6.34. The van der Waals surface area contributed by atoms with Crippen molar-refractivity contribution < 1.29 is 14.6 Å². The van der Waals surface area contributed by atoms with Crippen molar-refractivity contribution in [1.82, 2.24) is 5.32 Å². The lowest BCUT2D eigenvalue weighted by Crippen LogP contribution is -2.42. The van der Waals surface area contributed by atoms with E-state index in [0.717, 1.165) is 23.7 Å². The zero-order chi connectivity index (χ0) is 15.2. The summed E-state index contributed by atoms with van der Waals surface area (Å²) in [5, 5.41) is 12.6. The zero-order valence-corrected chi connectivity index (χ0v) is 13.4. The van der Waals surface area contributed by atoms with E-state index in [0.29, 0.717) is 5.75 Å². The van der Waals surface area contributed by atoms with Gasteiger partial charge in [-0.15, -0.1) is 0 Å². The molecule has 2 rings (SSSR count). The van der Waals surface area contributed by atoms with Gasteiger partial charge in [0.15, 0.2) is 0 Å². The van der Waals surface area contributed by atoms with Crippen LogP contribution in [0.15, 0.2) is 28.7 Å². The van der Waals surface area contributed by atoms with Crippen LogP contribution in [0.25, 0.3) is 0 Å². The highest BCUT2D eigenvalue weighted by molar-refractivity contribution is 9.10. The molecule has 0 unspecified atom stereocenters. The maximum atomic E-state index is 11.9. The first-order chi connectivity index (χ1) is 10.1. The number of hydrogen-bond acceptors (Lipinski definition) is 4. The summed E-state index contributed by atoms with van der Waals surface area (Å²) in [5.74, 6) is 0.474. The number of ether oxygens (including phenoxy) is 1. The molecule has 1 fully saturated rings. The number of rotatable bonds is 6. The van der Waals surface area contributed by atoms with Crippen LogP contribution in [-0.4, -0.2) is 36.3 Å². The van der Waals surface area contributed by atoms with Crippen molar-refractivity contribution in [2.75, 3.05) is 13.2 Å². The molecule has 0 aliphatic heterocycles. The van der Waals surface area contributed by atoms with E-state index < -0.39 is 6.10 Å². The van der Waals surface area contributed by atoms with Gasteiger partial charge in [0.25, 0.3) is 0 Å². The molecule has 1 saturated carbocycles. The molecule has 0 spiro atoms. The van der Waals surface area contributed by atoms with Gasteiger partial charge in [0, 0.05) is 12.6 Å². The van der Waals surface area contributed by atoms with Crippen LogP contribution in [0.4, 0.5) is 0 Å². The highest BCUT2D eigenvalue weighted by Gasteiger charge is 2.30. The van der Waals surface area contributed by atoms with E-state index in [1.165, 1.54) is 0 Å². The fraction of sp³-hybridized carbons (Fsp3) is 0.533. The first-order valence-electron chi connectivity index (χ1n) is 7.16. The molecular formula is C15H21BrN2O3. The minimum absolute atomic E-state index is 0.0568. The monoisotopic (exact) mass is 356 g/mol. The number of benzene rings is 1. The fourth-order valence-electron chi connectivity index (χ4n) is 2.47. The molecule has 1 aliphatic carbocycles. The van der Waals surface area contributed by atoms with Crippen molar-refractivity contribution in [2.24, 2.45) is 11.7 Å². The van der Waals surface area contributed by atoms with Gasteiger partial charge in [-0.2, -0.15) is 0 Å². The van der Waals surface area contributed by atoms with Crippen LogP contribution >= 0.6 is 15.9 Å². The highest BCUT2D eigenvalue weighted by atomic mass is 79.9. The lowest BCUT2D eigenvalue weighted by molar-refractivity contribution is -0.125. The number of amides is 1. The average Bonchev–Trinajstić information content (AvgIpc) is 2.90. The summed E-state index contributed by atoms with van der Waals surface area (Å²) in [6, 6.07) is 7.37. The van der Waals surface area contributed by atoms with Gasteiger partial charge in [-0.3, -0.25) is 4.79 Å². The van der Waals surface area contributed by atoms with Crippen LogP contribution in [-0.2, 0) is 4.79 Å². The maximum absolute atomic E-state index is 11.9. The van der Waals surface area contributed by atoms with Crippen LogP contribution in [0.3, 0.4) is 0 Å². The number of nitrogens with two attached hydrogens (primary N) is 1. The molecule has 1 aromatic rings. The van der Waals surface area contributed by atoms with Crippen molar-refractivity contribution in [2.45, 2.75) is 31.4 Å². The molecule has 0 bridgehead atoms. The van der Waals surface area contributed by atoms with E-state index in [9.17, 15) is 9.90 Å². The molecule has 21 heavy (non-hydrogen) atoms. The summed E-state index contributed by atoms with van der Waals surface area (Å²) in [4.78, 5) is 11.9. The van der Waals surface area contributed by atoms with Gasteiger partial charge in [-0.25, -0.2) is 0 Å². The number of para-hydroxylation sites is 1. The van der Waals surface area contributed by atoms with Gasteiger partial charge in [-0.05, 0) is 40.9 Å². The predicted octanol–water partition coefficient (Wildman–Crippen LogP) is 1.43. The number of nitrogens with one attached hydrogen (secondary N) is 1. The molecule has 0 saturated heterocycles. The van der Waals surface area contributed by atoms with Crippen LogP contribution in [0.5, 0.6) is 5.75 Å². The number of aliphatic hydroxyl groups is 1. The van der Waals surface area contributed by atoms with E-state index in [-0.39, 0.29) is 31.0 Å². The summed E-state index contributed by atoms with van der Waals surface area (Å²) in [5.41, 5.74) is 5.88. The Morgan fingerprint density at radius 3 is 2.90 bits per heavy atom. The van der Waals surface area contributed by atoms with Gasteiger partial charge >= 0.3 is 0 Å². The van der Waals surface area contributed by atoms with Crippen molar-refractivity contribution in [3.63, 3.8) is 0 Å². The van der Waals surface area contributed by atoms with Gasteiger partial charge in [-0.1, -0.05) is 18.6 Å². The van der Waals surface area contributed by atoms with Gasteiger partial charge in [0.05, 0.1) is 10.4 Å². The molecule has 0 radical (unpaired) electrons. The molecule has 0 heterocycles. The molecule has 6 heteroatoms. The third-order valence-electron chi connectivity index (χ3n) is 3.69. The molecule has 5 nitrogen and oxygen atoms in total. The van der Waals surface area contributed by atoms with Crippen LogP contribution in [0, 0.1) is 5.92 Å². The van der Waals surface area contributed by atoms with Crippen molar-refractivity contribution >= 4 is 21.8 Å². The van der Waals surface area contributed by atoms with E-state index in [2.05, 4.69) is 21.2 Å². The van der Waals surface area contributed by atoms with E-state index in [1.54, 1.807) is 0 Å². The highest BCUT2D eigenvalue weighted by Crippen LogP contribution is 2.24. The summed E-state index contributed by atoms with van der Waals surface area (Å²) in [6.45, 7) is 0.298. The van der Waals surface area contributed by atoms with Crippen LogP contribution in [0.2, 0.25) is 0 Å². The molecule has 1 aliphatic rings. The average molecular weight is 357 g/mol. The van der Waals surface area contributed by atoms with Gasteiger partial charge < -0.3 is 20.9 Å².